The molecule has 0 saturated carbocycles. The zero-order chi connectivity index (χ0) is 17.1. The van der Waals surface area contributed by atoms with Crippen LogP contribution in [0.5, 0.6) is 0 Å². The van der Waals surface area contributed by atoms with Crippen molar-refractivity contribution in [1.82, 2.24) is 15.4 Å². The molecule has 3 N–H and O–H groups in total. The third-order valence-electron chi connectivity index (χ3n) is 3.00. The van der Waals surface area contributed by atoms with Crippen molar-refractivity contribution >= 4 is 51.6 Å². The standard InChI is InChI=1S/C15H25ClN4O2S.HI/c1-3-17-15(18-9-6-10-20-23(21,22)4-2)19-12-13-7-5-8-14(16)11-13;/h5,7-8,11,20H,3-4,6,9-10,12H2,1-2H3,(H2,17,18,19);1H. The third kappa shape index (κ3) is 10.3. The molecule has 1 aromatic carbocycles. The number of guanidine groups is 1. The summed E-state index contributed by atoms with van der Waals surface area (Å²) in [5.41, 5.74) is 1.03. The monoisotopic (exact) mass is 488 g/mol. The molecule has 1 rings (SSSR count). The molecule has 0 saturated heterocycles. The molecule has 1 aromatic rings. The lowest BCUT2D eigenvalue weighted by molar-refractivity contribution is 0.579. The smallest absolute Gasteiger partial charge is 0.211 e. The molecule has 9 heteroatoms. The average molecular weight is 489 g/mol. The van der Waals surface area contributed by atoms with Crippen LogP contribution in [-0.4, -0.2) is 39.8 Å². The first-order valence-corrected chi connectivity index (χ1v) is 9.73. The van der Waals surface area contributed by atoms with Gasteiger partial charge in [-0.25, -0.2) is 18.1 Å². The molecule has 138 valence electrons. The fourth-order valence-electron chi connectivity index (χ4n) is 1.77. The topological polar surface area (TPSA) is 82.6 Å². The fraction of sp³-hybridized carbons (Fsp3) is 0.533. The summed E-state index contributed by atoms with van der Waals surface area (Å²) < 4.78 is 25.2. The van der Waals surface area contributed by atoms with Crippen molar-refractivity contribution in [1.29, 1.82) is 0 Å². The molecule has 0 heterocycles. The predicted molar refractivity (Wildman–Crippen MR) is 112 cm³/mol. The molecule has 0 bridgehead atoms. The van der Waals surface area contributed by atoms with Crippen molar-refractivity contribution in [2.45, 2.75) is 26.8 Å². The zero-order valence-electron chi connectivity index (χ0n) is 14.0. The van der Waals surface area contributed by atoms with E-state index in [2.05, 4.69) is 20.3 Å². The second-order valence-corrected chi connectivity index (χ2v) is 7.44. The second kappa shape index (κ2) is 12.7. The number of aliphatic imine (C=N–C) groups is 1. The number of hydrogen-bond acceptors (Lipinski definition) is 3. The summed E-state index contributed by atoms with van der Waals surface area (Å²) >= 11 is 5.95. The van der Waals surface area contributed by atoms with Gasteiger partial charge in [-0.3, -0.25) is 0 Å². The van der Waals surface area contributed by atoms with Gasteiger partial charge in [-0.15, -0.1) is 24.0 Å². The van der Waals surface area contributed by atoms with Crippen LogP contribution in [0.15, 0.2) is 29.3 Å². The SMILES string of the molecule is CCNC(=NCc1cccc(Cl)c1)NCCCNS(=O)(=O)CC.I. The van der Waals surface area contributed by atoms with Gasteiger partial charge in [0, 0.05) is 24.7 Å². The van der Waals surface area contributed by atoms with E-state index in [0.717, 1.165) is 12.1 Å². The van der Waals surface area contributed by atoms with Crippen molar-refractivity contribution in [3.63, 3.8) is 0 Å². The van der Waals surface area contributed by atoms with E-state index in [-0.39, 0.29) is 29.7 Å². The van der Waals surface area contributed by atoms with Crippen LogP contribution in [0, 0.1) is 0 Å². The average Bonchev–Trinajstić information content (AvgIpc) is 2.52. The van der Waals surface area contributed by atoms with Crippen molar-refractivity contribution in [2.24, 2.45) is 4.99 Å². The highest BCUT2D eigenvalue weighted by Crippen LogP contribution is 2.11. The Balaban J connectivity index is 0.00000529. The maximum atomic E-state index is 11.3. The minimum Gasteiger partial charge on any atom is -0.357 e. The lowest BCUT2D eigenvalue weighted by atomic mass is 10.2. The summed E-state index contributed by atoms with van der Waals surface area (Å²) in [4.78, 5) is 4.48. The number of rotatable bonds is 9. The molecule has 0 radical (unpaired) electrons. The highest BCUT2D eigenvalue weighted by Gasteiger charge is 2.04. The van der Waals surface area contributed by atoms with Gasteiger partial charge < -0.3 is 10.6 Å². The van der Waals surface area contributed by atoms with Crippen LogP contribution >= 0.6 is 35.6 Å². The number of nitrogens with one attached hydrogen (secondary N) is 3. The number of hydrogen-bond donors (Lipinski definition) is 3. The third-order valence-corrected chi connectivity index (χ3v) is 4.64. The Morgan fingerprint density at radius 3 is 2.58 bits per heavy atom. The van der Waals surface area contributed by atoms with Crippen molar-refractivity contribution in [3.8, 4) is 0 Å². The Kier molecular flexibility index (Phi) is 12.4. The number of sulfonamides is 1. The van der Waals surface area contributed by atoms with Crippen LogP contribution < -0.4 is 15.4 Å². The molecular weight excluding hydrogens is 463 g/mol. The lowest BCUT2D eigenvalue weighted by Gasteiger charge is -2.11. The fourth-order valence-corrected chi connectivity index (χ4v) is 2.64. The Bertz CT molecular complexity index is 611. The highest BCUT2D eigenvalue weighted by molar-refractivity contribution is 14.0. The van der Waals surface area contributed by atoms with Gasteiger partial charge in [-0.1, -0.05) is 23.7 Å². The van der Waals surface area contributed by atoms with Crippen LogP contribution in [0.3, 0.4) is 0 Å². The van der Waals surface area contributed by atoms with Gasteiger partial charge in [0.2, 0.25) is 10.0 Å². The minimum atomic E-state index is -3.12. The molecule has 0 aromatic heterocycles. The van der Waals surface area contributed by atoms with Gasteiger partial charge in [-0.05, 0) is 38.0 Å². The van der Waals surface area contributed by atoms with E-state index in [1.165, 1.54) is 0 Å². The summed E-state index contributed by atoms with van der Waals surface area (Å²) in [5.74, 6) is 0.801. The maximum absolute atomic E-state index is 11.3. The molecule has 24 heavy (non-hydrogen) atoms. The highest BCUT2D eigenvalue weighted by atomic mass is 127. The van der Waals surface area contributed by atoms with Crippen LogP contribution in [0.2, 0.25) is 5.02 Å². The van der Waals surface area contributed by atoms with E-state index in [1.54, 1.807) is 6.92 Å². The lowest BCUT2D eigenvalue weighted by Crippen LogP contribution is -2.38. The molecule has 0 aliphatic rings. The van der Waals surface area contributed by atoms with Gasteiger partial charge >= 0.3 is 0 Å². The minimum absolute atomic E-state index is 0. The molecular formula is C15H26ClIN4O2S. The van der Waals surface area contributed by atoms with Crippen LogP contribution in [0.1, 0.15) is 25.8 Å². The normalized spacial score (nSPS) is 11.7. The largest absolute Gasteiger partial charge is 0.357 e. The first kappa shape index (κ1) is 23.4. The molecule has 0 fully saturated rings. The number of halogens is 2. The molecule has 0 atom stereocenters. The Morgan fingerprint density at radius 2 is 1.96 bits per heavy atom. The van der Waals surface area contributed by atoms with E-state index < -0.39 is 10.0 Å². The van der Waals surface area contributed by atoms with Crippen LogP contribution in [0.25, 0.3) is 0 Å². The molecule has 0 aliphatic carbocycles. The quantitative estimate of drug-likeness (QED) is 0.216. The summed E-state index contributed by atoms with van der Waals surface area (Å²) in [6, 6.07) is 7.58. The predicted octanol–water partition coefficient (Wildman–Crippen LogP) is 2.34. The molecule has 6 nitrogen and oxygen atoms in total. The zero-order valence-corrected chi connectivity index (χ0v) is 17.9. The number of benzene rings is 1. The summed E-state index contributed by atoms with van der Waals surface area (Å²) in [5, 5.41) is 7.03. The van der Waals surface area contributed by atoms with Gasteiger partial charge in [0.15, 0.2) is 5.96 Å². The van der Waals surface area contributed by atoms with Crippen LogP contribution in [-0.2, 0) is 16.6 Å². The van der Waals surface area contributed by atoms with Gasteiger partial charge in [0.1, 0.15) is 0 Å². The maximum Gasteiger partial charge on any atom is 0.211 e. The Morgan fingerprint density at radius 1 is 1.21 bits per heavy atom. The van der Waals surface area contributed by atoms with Crippen LogP contribution in [0.4, 0.5) is 0 Å². The second-order valence-electron chi connectivity index (χ2n) is 4.90. The molecule has 0 amide bonds. The van der Waals surface area contributed by atoms with Crippen molar-refractivity contribution in [2.75, 3.05) is 25.4 Å². The van der Waals surface area contributed by atoms with Gasteiger partial charge in [0.25, 0.3) is 0 Å². The molecule has 0 spiro atoms. The van der Waals surface area contributed by atoms with E-state index in [9.17, 15) is 8.42 Å². The van der Waals surface area contributed by atoms with Gasteiger partial charge in [-0.2, -0.15) is 0 Å². The number of nitrogens with zero attached hydrogens (tertiary/aromatic N) is 1. The van der Waals surface area contributed by atoms with Crippen molar-refractivity contribution in [3.05, 3.63) is 34.9 Å². The molecule has 0 unspecified atom stereocenters. The van der Waals surface area contributed by atoms with E-state index in [0.29, 0.717) is 37.0 Å². The van der Waals surface area contributed by atoms with E-state index in [1.807, 2.05) is 31.2 Å². The molecule has 0 aliphatic heterocycles. The van der Waals surface area contributed by atoms with E-state index >= 15 is 0 Å². The first-order valence-electron chi connectivity index (χ1n) is 7.70. The van der Waals surface area contributed by atoms with E-state index in [4.69, 9.17) is 11.6 Å². The van der Waals surface area contributed by atoms with Gasteiger partial charge in [0.05, 0.1) is 12.3 Å². The Hall–Kier alpha value is -0.580. The summed E-state index contributed by atoms with van der Waals surface area (Å²) in [6.45, 7) is 5.94. The van der Waals surface area contributed by atoms with Crippen molar-refractivity contribution < 1.29 is 8.42 Å². The Labute approximate surface area is 166 Å². The summed E-state index contributed by atoms with van der Waals surface area (Å²) in [6.07, 6.45) is 0.681. The first-order chi connectivity index (χ1) is 11.0. The summed E-state index contributed by atoms with van der Waals surface area (Å²) in [7, 11) is -3.12.